The first-order valence-electron chi connectivity index (χ1n) is 10.9. The van der Waals surface area contributed by atoms with E-state index >= 15 is 0 Å². The standard InChI is InChI=1S/C24H22ClF2N5O2/c25-20-15(18(26)3-4-19(20)27)5-11-33-22-21-16(12-31-23(22)28)17(13-34-21)14-2-1-6-30-24(14)32-9-7-29-8-10-32/h1-4,6,12-13,29H,5,7-11H2,(H2,28,31). The number of piperazine rings is 1. The Kier molecular flexibility index (Phi) is 6.21. The summed E-state index contributed by atoms with van der Waals surface area (Å²) in [6, 6.07) is 5.89. The Balaban J connectivity index is 1.45. The molecule has 0 spiro atoms. The van der Waals surface area contributed by atoms with Crippen molar-refractivity contribution in [2.75, 3.05) is 43.4 Å². The summed E-state index contributed by atoms with van der Waals surface area (Å²) in [6.45, 7) is 3.46. The molecule has 4 heterocycles. The van der Waals surface area contributed by atoms with Gasteiger partial charge in [0.2, 0.25) is 5.75 Å². The van der Waals surface area contributed by atoms with Crippen molar-refractivity contribution < 1.29 is 17.9 Å². The lowest BCUT2D eigenvalue weighted by Gasteiger charge is -2.29. The average Bonchev–Trinajstić information content (AvgIpc) is 3.29. The van der Waals surface area contributed by atoms with Crippen LogP contribution in [0.1, 0.15) is 5.56 Å². The van der Waals surface area contributed by atoms with Gasteiger partial charge in [0.25, 0.3) is 0 Å². The molecule has 1 aromatic carbocycles. The molecule has 0 aliphatic carbocycles. The molecule has 0 amide bonds. The fourth-order valence-corrected chi connectivity index (χ4v) is 4.37. The van der Waals surface area contributed by atoms with Crippen LogP contribution in [0, 0.1) is 11.6 Å². The zero-order chi connectivity index (χ0) is 23.7. The Bertz CT molecular complexity index is 1340. The number of nitrogen functional groups attached to an aromatic ring is 1. The number of fused-ring (bicyclic) bond motifs is 1. The molecule has 176 valence electrons. The number of nitrogens with zero attached hydrogens (tertiary/aromatic N) is 3. The number of anilines is 2. The van der Waals surface area contributed by atoms with Crippen LogP contribution in [0.2, 0.25) is 5.02 Å². The van der Waals surface area contributed by atoms with Crippen LogP contribution in [0.3, 0.4) is 0 Å². The third kappa shape index (κ3) is 4.12. The summed E-state index contributed by atoms with van der Waals surface area (Å²) in [5.74, 6) is -0.0513. The highest BCUT2D eigenvalue weighted by Crippen LogP contribution is 2.40. The van der Waals surface area contributed by atoms with Crippen molar-refractivity contribution in [1.29, 1.82) is 0 Å². The van der Waals surface area contributed by atoms with Crippen LogP contribution in [0.5, 0.6) is 5.75 Å². The summed E-state index contributed by atoms with van der Waals surface area (Å²) in [6.07, 6.45) is 5.07. The molecule has 1 saturated heterocycles. The molecule has 5 rings (SSSR count). The van der Waals surface area contributed by atoms with E-state index in [1.807, 2.05) is 12.1 Å². The van der Waals surface area contributed by atoms with Crippen molar-refractivity contribution >= 4 is 34.2 Å². The molecule has 4 aromatic rings. The summed E-state index contributed by atoms with van der Waals surface area (Å²) < 4.78 is 39.5. The molecule has 0 bridgehead atoms. The zero-order valence-electron chi connectivity index (χ0n) is 18.2. The number of ether oxygens (including phenoxy) is 1. The lowest BCUT2D eigenvalue weighted by Crippen LogP contribution is -2.44. The Labute approximate surface area is 199 Å². The Morgan fingerprint density at radius 1 is 1.12 bits per heavy atom. The first kappa shape index (κ1) is 22.4. The van der Waals surface area contributed by atoms with E-state index in [9.17, 15) is 8.78 Å². The van der Waals surface area contributed by atoms with E-state index in [4.69, 9.17) is 26.5 Å². The molecule has 10 heteroatoms. The van der Waals surface area contributed by atoms with Crippen molar-refractivity contribution in [1.82, 2.24) is 15.3 Å². The minimum absolute atomic E-state index is 0.0000400. The van der Waals surface area contributed by atoms with Gasteiger partial charge in [0.1, 0.15) is 23.7 Å². The van der Waals surface area contributed by atoms with Gasteiger partial charge in [-0.3, -0.25) is 0 Å². The lowest BCUT2D eigenvalue weighted by molar-refractivity contribution is 0.319. The third-order valence-electron chi connectivity index (χ3n) is 5.83. The molecule has 3 aromatic heterocycles. The maximum atomic E-state index is 14.1. The second-order valence-electron chi connectivity index (χ2n) is 7.90. The molecule has 7 nitrogen and oxygen atoms in total. The van der Waals surface area contributed by atoms with Crippen LogP contribution in [-0.4, -0.2) is 42.8 Å². The summed E-state index contributed by atoms with van der Waals surface area (Å²) in [5.41, 5.74) is 8.24. The number of hydrogen-bond donors (Lipinski definition) is 2. The van der Waals surface area contributed by atoms with Gasteiger partial charge in [-0.05, 0) is 24.3 Å². The van der Waals surface area contributed by atoms with Gasteiger partial charge in [-0.2, -0.15) is 0 Å². The fourth-order valence-electron chi connectivity index (χ4n) is 4.12. The number of furan rings is 1. The van der Waals surface area contributed by atoms with E-state index in [1.54, 1.807) is 18.7 Å². The predicted octanol–water partition coefficient (Wildman–Crippen LogP) is 4.43. The fraction of sp³-hybridized carbons (Fsp3) is 0.250. The smallest absolute Gasteiger partial charge is 0.205 e. The predicted molar refractivity (Wildman–Crippen MR) is 127 cm³/mol. The highest BCUT2D eigenvalue weighted by atomic mass is 35.5. The number of hydrogen-bond acceptors (Lipinski definition) is 7. The largest absolute Gasteiger partial charge is 0.486 e. The second kappa shape index (κ2) is 9.44. The van der Waals surface area contributed by atoms with Gasteiger partial charge >= 0.3 is 0 Å². The molecule has 0 radical (unpaired) electrons. The first-order valence-corrected chi connectivity index (χ1v) is 11.2. The van der Waals surface area contributed by atoms with Gasteiger partial charge in [0.15, 0.2) is 11.4 Å². The maximum absolute atomic E-state index is 14.1. The normalized spacial score (nSPS) is 14.0. The molecule has 1 aliphatic heterocycles. The van der Waals surface area contributed by atoms with Crippen molar-refractivity contribution in [3.8, 4) is 16.9 Å². The quantitative estimate of drug-likeness (QED) is 0.390. The molecule has 3 N–H and O–H groups in total. The van der Waals surface area contributed by atoms with Crippen molar-refractivity contribution in [3.63, 3.8) is 0 Å². The number of nitrogens with one attached hydrogen (secondary N) is 1. The summed E-state index contributed by atoms with van der Waals surface area (Å²) in [5, 5.41) is 3.79. The molecular formula is C24H22ClF2N5O2. The Morgan fingerprint density at radius 2 is 1.91 bits per heavy atom. The van der Waals surface area contributed by atoms with Gasteiger partial charge in [-0.15, -0.1) is 0 Å². The van der Waals surface area contributed by atoms with E-state index in [1.165, 1.54) is 0 Å². The van der Waals surface area contributed by atoms with Crippen LogP contribution in [-0.2, 0) is 6.42 Å². The number of rotatable bonds is 6. The Morgan fingerprint density at radius 3 is 2.74 bits per heavy atom. The molecule has 0 atom stereocenters. The lowest BCUT2D eigenvalue weighted by atomic mass is 10.1. The minimum Gasteiger partial charge on any atom is -0.486 e. The van der Waals surface area contributed by atoms with Gasteiger partial charge in [-0.1, -0.05) is 11.6 Å². The molecule has 1 fully saturated rings. The molecule has 1 aliphatic rings. The van der Waals surface area contributed by atoms with E-state index in [0.717, 1.165) is 55.3 Å². The average molecular weight is 486 g/mol. The number of pyridine rings is 2. The van der Waals surface area contributed by atoms with Crippen molar-refractivity contribution in [2.45, 2.75) is 6.42 Å². The summed E-state index contributed by atoms with van der Waals surface area (Å²) in [4.78, 5) is 11.1. The molecule has 0 unspecified atom stereocenters. The number of nitrogens with two attached hydrogens (primary N) is 1. The van der Waals surface area contributed by atoms with Crippen molar-refractivity contribution in [2.24, 2.45) is 0 Å². The van der Waals surface area contributed by atoms with Crippen LogP contribution >= 0.6 is 11.6 Å². The molecule has 0 saturated carbocycles. The molecule has 34 heavy (non-hydrogen) atoms. The van der Waals surface area contributed by atoms with Crippen LogP contribution in [0.4, 0.5) is 20.4 Å². The van der Waals surface area contributed by atoms with Crippen LogP contribution in [0.15, 0.2) is 47.3 Å². The van der Waals surface area contributed by atoms with Gasteiger partial charge in [0.05, 0.1) is 17.0 Å². The number of halogens is 3. The van der Waals surface area contributed by atoms with Crippen LogP contribution in [0.25, 0.3) is 22.1 Å². The maximum Gasteiger partial charge on any atom is 0.205 e. The third-order valence-corrected chi connectivity index (χ3v) is 6.24. The molecular weight excluding hydrogens is 464 g/mol. The van der Waals surface area contributed by atoms with E-state index in [2.05, 4.69) is 20.2 Å². The zero-order valence-corrected chi connectivity index (χ0v) is 18.9. The van der Waals surface area contributed by atoms with E-state index in [0.29, 0.717) is 11.0 Å². The van der Waals surface area contributed by atoms with Crippen molar-refractivity contribution in [3.05, 3.63) is 65.1 Å². The first-order chi connectivity index (χ1) is 16.5. The van der Waals surface area contributed by atoms with E-state index in [-0.39, 0.29) is 35.2 Å². The highest BCUT2D eigenvalue weighted by molar-refractivity contribution is 6.31. The monoisotopic (exact) mass is 485 g/mol. The Hall–Kier alpha value is -3.43. The van der Waals surface area contributed by atoms with Gasteiger partial charge in [-0.25, -0.2) is 18.7 Å². The highest BCUT2D eigenvalue weighted by Gasteiger charge is 2.22. The van der Waals surface area contributed by atoms with E-state index < -0.39 is 11.6 Å². The van der Waals surface area contributed by atoms with Gasteiger partial charge in [0, 0.05) is 61.7 Å². The van der Waals surface area contributed by atoms with Crippen LogP contribution < -0.4 is 20.7 Å². The SMILES string of the molecule is Nc1ncc2c(-c3cccnc3N3CCNCC3)coc2c1OCCc1c(F)ccc(F)c1Cl. The minimum atomic E-state index is -0.686. The second-order valence-corrected chi connectivity index (χ2v) is 8.27. The summed E-state index contributed by atoms with van der Waals surface area (Å²) >= 11 is 5.92. The summed E-state index contributed by atoms with van der Waals surface area (Å²) in [7, 11) is 0. The topological polar surface area (TPSA) is 89.4 Å². The number of aromatic nitrogens is 2. The van der Waals surface area contributed by atoms with Gasteiger partial charge < -0.3 is 25.1 Å². The number of benzene rings is 1.